The fourth-order valence-electron chi connectivity index (χ4n) is 2.70. The molecule has 0 spiro atoms. The Bertz CT molecular complexity index is 707. The second kappa shape index (κ2) is 11.7. The predicted octanol–water partition coefficient (Wildman–Crippen LogP) is 6.08. The minimum atomic E-state index is -0.164. The normalized spacial score (nSPS) is 15.3. The van der Waals surface area contributed by atoms with Crippen molar-refractivity contribution in [3.05, 3.63) is 27.1 Å². The molecule has 1 aromatic carbocycles. The van der Waals surface area contributed by atoms with E-state index in [2.05, 4.69) is 28.2 Å². The Kier molecular flexibility index (Phi) is 9.65. The van der Waals surface area contributed by atoms with Crippen LogP contribution < -0.4 is 14.8 Å². The van der Waals surface area contributed by atoms with Crippen molar-refractivity contribution in [1.29, 1.82) is 0 Å². The monoisotopic (exact) mass is 471 g/mol. The van der Waals surface area contributed by atoms with Crippen molar-refractivity contribution >= 4 is 56.2 Å². The Hall–Kier alpha value is -1.05. The number of hydrogen-bond donors (Lipinski definition) is 1. The van der Waals surface area contributed by atoms with Gasteiger partial charge in [-0.15, -0.1) is 0 Å². The quantitative estimate of drug-likeness (QED) is 0.240. The van der Waals surface area contributed by atoms with E-state index in [1.54, 1.807) is 0 Å². The van der Waals surface area contributed by atoms with Crippen LogP contribution in [0, 0.1) is 0 Å². The van der Waals surface area contributed by atoms with Crippen molar-refractivity contribution in [2.24, 2.45) is 0 Å². The lowest BCUT2D eigenvalue weighted by Gasteiger charge is -2.15. The van der Waals surface area contributed by atoms with Crippen LogP contribution in [0.2, 0.25) is 0 Å². The number of ether oxygens (including phenoxy) is 2. The van der Waals surface area contributed by atoms with E-state index in [-0.39, 0.29) is 5.91 Å². The van der Waals surface area contributed by atoms with Crippen LogP contribution in [0.25, 0.3) is 6.08 Å². The molecular formula is C20H26BrNO3S2. The van der Waals surface area contributed by atoms with Crippen molar-refractivity contribution in [2.45, 2.75) is 52.4 Å². The smallest absolute Gasteiger partial charge is 0.263 e. The summed E-state index contributed by atoms with van der Waals surface area (Å²) in [4.78, 5) is 12.4. The number of rotatable bonds is 11. The van der Waals surface area contributed by atoms with Crippen LogP contribution in [0.3, 0.4) is 0 Å². The lowest BCUT2D eigenvalue weighted by atomic mass is 10.1. The van der Waals surface area contributed by atoms with Crippen molar-refractivity contribution in [2.75, 3.05) is 13.2 Å². The molecule has 1 aliphatic rings. The number of carbonyl (C=O) groups is 1. The molecule has 0 bridgehead atoms. The molecule has 1 aliphatic heterocycles. The molecule has 0 atom stereocenters. The van der Waals surface area contributed by atoms with Gasteiger partial charge in [0.2, 0.25) is 0 Å². The van der Waals surface area contributed by atoms with E-state index in [0.717, 1.165) is 16.5 Å². The summed E-state index contributed by atoms with van der Waals surface area (Å²) < 4.78 is 13.1. The Morgan fingerprint density at radius 3 is 2.56 bits per heavy atom. The second-order valence-corrected chi connectivity index (χ2v) is 8.80. The van der Waals surface area contributed by atoms with Gasteiger partial charge >= 0.3 is 0 Å². The molecule has 1 amide bonds. The summed E-state index contributed by atoms with van der Waals surface area (Å²) in [6.45, 7) is 5.37. The summed E-state index contributed by atoms with van der Waals surface area (Å²) >= 11 is 9.88. The van der Waals surface area contributed by atoms with Crippen molar-refractivity contribution < 1.29 is 14.3 Å². The molecule has 7 heteroatoms. The number of thioether (sulfide) groups is 1. The third kappa shape index (κ3) is 7.12. The summed E-state index contributed by atoms with van der Waals surface area (Å²) in [6.07, 6.45) is 9.13. The van der Waals surface area contributed by atoms with Gasteiger partial charge in [-0.25, -0.2) is 0 Å². The molecule has 1 aromatic rings. The van der Waals surface area contributed by atoms with Crippen LogP contribution in [0.1, 0.15) is 57.9 Å². The van der Waals surface area contributed by atoms with Gasteiger partial charge in [0.1, 0.15) is 4.32 Å². The zero-order valence-corrected chi connectivity index (χ0v) is 19.0. The molecule has 1 fully saturated rings. The van der Waals surface area contributed by atoms with Crippen LogP contribution >= 0.6 is 39.9 Å². The largest absolute Gasteiger partial charge is 0.490 e. The van der Waals surface area contributed by atoms with Gasteiger partial charge in [-0.1, -0.05) is 63.0 Å². The summed E-state index contributed by atoms with van der Waals surface area (Å²) in [5.74, 6) is 1.23. The summed E-state index contributed by atoms with van der Waals surface area (Å²) in [7, 11) is 0. The van der Waals surface area contributed by atoms with Gasteiger partial charge in [-0.2, -0.15) is 0 Å². The van der Waals surface area contributed by atoms with Gasteiger partial charge in [0.15, 0.2) is 11.5 Å². The lowest BCUT2D eigenvalue weighted by molar-refractivity contribution is -0.115. The van der Waals surface area contributed by atoms with Crippen LogP contribution in [0.4, 0.5) is 0 Å². The molecule has 0 unspecified atom stereocenters. The Labute approximate surface area is 179 Å². The average molecular weight is 472 g/mol. The molecule has 0 radical (unpaired) electrons. The fourth-order valence-corrected chi connectivity index (χ4v) is 4.32. The number of hydrogen-bond acceptors (Lipinski definition) is 5. The molecule has 4 nitrogen and oxygen atoms in total. The minimum absolute atomic E-state index is 0.164. The molecule has 148 valence electrons. The van der Waals surface area contributed by atoms with E-state index < -0.39 is 0 Å². The number of carbonyl (C=O) groups excluding carboxylic acids is 1. The second-order valence-electron chi connectivity index (χ2n) is 6.23. The number of unbranched alkanes of at least 4 members (excludes halogenated alkanes) is 5. The number of halogens is 1. The first-order valence-electron chi connectivity index (χ1n) is 9.39. The molecule has 0 aliphatic carbocycles. The topological polar surface area (TPSA) is 47.6 Å². The number of benzene rings is 1. The summed E-state index contributed by atoms with van der Waals surface area (Å²) in [5.41, 5.74) is 0.861. The Morgan fingerprint density at radius 2 is 1.89 bits per heavy atom. The maximum atomic E-state index is 11.9. The number of amides is 1. The highest BCUT2D eigenvalue weighted by atomic mass is 79.9. The maximum Gasteiger partial charge on any atom is 0.263 e. The zero-order chi connectivity index (χ0) is 19.6. The SMILES string of the molecule is CCCCCCCCOc1c(Br)cc(C=C2SC(=S)NC2=O)cc1OCC. The van der Waals surface area contributed by atoms with Crippen LogP contribution in [-0.2, 0) is 4.79 Å². The van der Waals surface area contributed by atoms with E-state index >= 15 is 0 Å². The fraction of sp³-hybridized carbons (Fsp3) is 0.500. The van der Waals surface area contributed by atoms with Crippen LogP contribution in [0.15, 0.2) is 21.5 Å². The first-order valence-corrected chi connectivity index (χ1v) is 11.4. The lowest BCUT2D eigenvalue weighted by Crippen LogP contribution is -2.17. The molecule has 0 aromatic heterocycles. The van der Waals surface area contributed by atoms with E-state index in [9.17, 15) is 4.79 Å². The number of nitrogens with one attached hydrogen (secondary N) is 1. The molecule has 0 saturated carbocycles. The van der Waals surface area contributed by atoms with Gasteiger partial charge in [-0.3, -0.25) is 4.79 Å². The highest BCUT2D eigenvalue weighted by Gasteiger charge is 2.22. The average Bonchev–Trinajstić information content (AvgIpc) is 2.93. The highest BCUT2D eigenvalue weighted by molar-refractivity contribution is 9.10. The van der Waals surface area contributed by atoms with Gasteiger partial charge in [0.25, 0.3) is 5.91 Å². The molecule has 1 N–H and O–H groups in total. The summed E-state index contributed by atoms with van der Waals surface area (Å²) in [5, 5.41) is 2.62. The first kappa shape index (κ1) is 22.2. The van der Waals surface area contributed by atoms with E-state index in [1.807, 2.05) is 25.1 Å². The van der Waals surface area contributed by atoms with E-state index in [0.29, 0.717) is 33.9 Å². The third-order valence-electron chi connectivity index (χ3n) is 4.02. The Balaban J connectivity index is 2.04. The van der Waals surface area contributed by atoms with Gasteiger partial charge in [-0.05, 0) is 53.0 Å². The maximum absolute atomic E-state index is 11.9. The minimum Gasteiger partial charge on any atom is -0.490 e. The van der Waals surface area contributed by atoms with Crippen molar-refractivity contribution in [3.63, 3.8) is 0 Å². The standard InChI is InChI=1S/C20H26BrNO3S2/c1-3-5-6-7-8-9-10-25-18-15(21)11-14(12-16(18)24-4-2)13-17-19(23)22-20(26)27-17/h11-13H,3-10H2,1-2H3,(H,22,23,26). The first-order chi connectivity index (χ1) is 13.0. The molecule has 1 heterocycles. The van der Waals surface area contributed by atoms with Crippen molar-refractivity contribution in [1.82, 2.24) is 5.32 Å². The van der Waals surface area contributed by atoms with Gasteiger partial charge in [0, 0.05) is 0 Å². The summed E-state index contributed by atoms with van der Waals surface area (Å²) in [6, 6.07) is 3.83. The molecule has 27 heavy (non-hydrogen) atoms. The van der Waals surface area contributed by atoms with Gasteiger partial charge < -0.3 is 14.8 Å². The van der Waals surface area contributed by atoms with Gasteiger partial charge in [0.05, 0.1) is 22.6 Å². The van der Waals surface area contributed by atoms with Crippen molar-refractivity contribution in [3.8, 4) is 11.5 Å². The van der Waals surface area contributed by atoms with E-state index in [1.165, 1.54) is 43.9 Å². The number of thiocarbonyl (C=S) groups is 1. The predicted molar refractivity (Wildman–Crippen MR) is 120 cm³/mol. The van der Waals surface area contributed by atoms with E-state index in [4.69, 9.17) is 21.7 Å². The van der Waals surface area contributed by atoms with Crippen LogP contribution in [0.5, 0.6) is 11.5 Å². The Morgan fingerprint density at radius 1 is 1.15 bits per heavy atom. The zero-order valence-electron chi connectivity index (χ0n) is 15.8. The van der Waals surface area contributed by atoms with Crippen LogP contribution in [-0.4, -0.2) is 23.4 Å². The molecule has 2 rings (SSSR count). The third-order valence-corrected chi connectivity index (χ3v) is 5.77. The molecular weight excluding hydrogens is 446 g/mol. The highest BCUT2D eigenvalue weighted by Crippen LogP contribution is 2.38. The molecule has 1 saturated heterocycles.